The van der Waals surface area contributed by atoms with Crippen LogP contribution in [0.1, 0.15) is 19.4 Å². The standard InChI is InChI=1S/C15H21ClFN3O2S/c1-15(2)10-20(6-7-23(15,21)22)14(18-3)19-9-11-4-5-13(17)12(16)8-11/h4-5,8H,6-7,9-10H2,1-3H3,(H,18,19). The first kappa shape index (κ1) is 18.0. The van der Waals surface area contributed by atoms with Crippen molar-refractivity contribution in [1.29, 1.82) is 0 Å². The minimum Gasteiger partial charge on any atom is -0.352 e. The van der Waals surface area contributed by atoms with Crippen LogP contribution in [0.25, 0.3) is 0 Å². The van der Waals surface area contributed by atoms with Crippen molar-refractivity contribution in [2.75, 3.05) is 25.9 Å². The van der Waals surface area contributed by atoms with Crippen molar-refractivity contribution in [3.63, 3.8) is 0 Å². The van der Waals surface area contributed by atoms with Crippen molar-refractivity contribution >= 4 is 27.4 Å². The van der Waals surface area contributed by atoms with Crippen molar-refractivity contribution in [3.8, 4) is 0 Å². The maximum absolute atomic E-state index is 13.2. The van der Waals surface area contributed by atoms with E-state index in [0.29, 0.717) is 25.6 Å². The summed E-state index contributed by atoms with van der Waals surface area (Å²) in [5, 5.41) is 3.24. The number of guanidine groups is 1. The second-order valence-corrected chi connectivity index (χ2v) is 9.30. The number of nitrogens with zero attached hydrogens (tertiary/aromatic N) is 2. The highest BCUT2D eigenvalue weighted by Gasteiger charge is 2.40. The molecule has 1 aromatic rings. The lowest BCUT2D eigenvalue weighted by Crippen LogP contribution is -2.57. The molecule has 1 saturated heterocycles. The van der Waals surface area contributed by atoms with Gasteiger partial charge in [0, 0.05) is 26.7 Å². The molecule has 2 rings (SSSR count). The van der Waals surface area contributed by atoms with Crippen LogP contribution in [0.5, 0.6) is 0 Å². The van der Waals surface area contributed by atoms with Gasteiger partial charge in [-0.05, 0) is 31.5 Å². The number of halogens is 2. The highest BCUT2D eigenvalue weighted by atomic mass is 35.5. The Hall–Kier alpha value is -1.34. The van der Waals surface area contributed by atoms with E-state index in [9.17, 15) is 12.8 Å². The van der Waals surface area contributed by atoms with E-state index >= 15 is 0 Å². The maximum Gasteiger partial charge on any atom is 0.193 e. The van der Waals surface area contributed by atoms with Crippen LogP contribution in [0, 0.1) is 5.82 Å². The molecule has 0 bridgehead atoms. The molecule has 1 aliphatic heterocycles. The minimum absolute atomic E-state index is 0.0736. The Bertz CT molecular complexity index is 719. The molecule has 0 atom stereocenters. The van der Waals surface area contributed by atoms with E-state index in [1.165, 1.54) is 6.07 Å². The molecule has 1 heterocycles. The summed E-state index contributed by atoms with van der Waals surface area (Å²) in [7, 11) is -1.45. The average molecular weight is 362 g/mol. The molecule has 128 valence electrons. The molecule has 23 heavy (non-hydrogen) atoms. The number of aliphatic imine (C=N–C) groups is 1. The Labute approximate surface area is 141 Å². The second-order valence-electron chi connectivity index (χ2n) is 6.15. The summed E-state index contributed by atoms with van der Waals surface area (Å²) in [6.45, 7) is 4.65. The van der Waals surface area contributed by atoms with Crippen LogP contribution in [0.3, 0.4) is 0 Å². The summed E-state index contributed by atoms with van der Waals surface area (Å²) >= 11 is 5.77. The van der Waals surface area contributed by atoms with Gasteiger partial charge in [0.2, 0.25) is 0 Å². The van der Waals surface area contributed by atoms with Gasteiger partial charge in [0.15, 0.2) is 15.8 Å². The average Bonchev–Trinajstić information content (AvgIpc) is 2.47. The number of sulfone groups is 1. The number of benzene rings is 1. The quantitative estimate of drug-likeness (QED) is 0.647. The lowest BCUT2D eigenvalue weighted by molar-refractivity contribution is 0.353. The molecule has 0 saturated carbocycles. The molecular weight excluding hydrogens is 341 g/mol. The first-order valence-corrected chi connectivity index (χ1v) is 9.31. The van der Waals surface area contributed by atoms with Crippen molar-refractivity contribution < 1.29 is 12.8 Å². The number of nitrogens with one attached hydrogen (secondary N) is 1. The van der Waals surface area contributed by atoms with E-state index in [1.807, 2.05) is 4.90 Å². The third-order valence-corrected chi connectivity index (χ3v) is 6.81. The Kier molecular flexibility index (Phi) is 5.20. The van der Waals surface area contributed by atoms with Gasteiger partial charge in [0.1, 0.15) is 5.82 Å². The van der Waals surface area contributed by atoms with Gasteiger partial charge in [-0.25, -0.2) is 12.8 Å². The van der Waals surface area contributed by atoms with Crippen molar-refractivity contribution in [1.82, 2.24) is 10.2 Å². The fourth-order valence-corrected chi connectivity index (χ4v) is 4.06. The second kappa shape index (κ2) is 6.65. The van der Waals surface area contributed by atoms with E-state index in [0.717, 1.165) is 5.56 Å². The van der Waals surface area contributed by atoms with Gasteiger partial charge in [-0.1, -0.05) is 17.7 Å². The molecule has 0 aliphatic carbocycles. The zero-order valence-electron chi connectivity index (χ0n) is 13.4. The predicted octanol–water partition coefficient (Wildman–Crippen LogP) is 2.06. The lowest BCUT2D eigenvalue weighted by atomic mass is 10.2. The topological polar surface area (TPSA) is 61.8 Å². The Balaban J connectivity index is 2.05. The smallest absolute Gasteiger partial charge is 0.193 e. The van der Waals surface area contributed by atoms with Crippen LogP contribution in [0.4, 0.5) is 4.39 Å². The SMILES string of the molecule is CN=C(NCc1ccc(F)c(Cl)c1)N1CCS(=O)(=O)C(C)(C)C1. The van der Waals surface area contributed by atoms with Gasteiger partial charge in [-0.15, -0.1) is 0 Å². The van der Waals surface area contributed by atoms with E-state index < -0.39 is 20.4 Å². The minimum atomic E-state index is -3.10. The normalized spacial score (nSPS) is 20.4. The highest BCUT2D eigenvalue weighted by Crippen LogP contribution is 2.23. The van der Waals surface area contributed by atoms with Crippen molar-refractivity contribution in [2.24, 2.45) is 4.99 Å². The number of hydrogen-bond donors (Lipinski definition) is 1. The van der Waals surface area contributed by atoms with E-state index in [1.54, 1.807) is 33.0 Å². The molecule has 0 unspecified atom stereocenters. The first-order chi connectivity index (χ1) is 10.7. The van der Waals surface area contributed by atoms with Gasteiger partial charge in [0.25, 0.3) is 0 Å². The molecule has 0 spiro atoms. The van der Waals surface area contributed by atoms with Gasteiger partial charge in [-0.2, -0.15) is 0 Å². The van der Waals surface area contributed by atoms with Crippen LogP contribution >= 0.6 is 11.6 Å². The van der Waals surface area contributed by atoms with Crippen LogP contribution < -0.4 is 5.32 Å². The Morgan fingerprint density at radius 3 is 2.74 bits per heavy atom. The van der Waals surface area contributed by atoms with Crippen LogP contribution in [-0.4, -0.2) is 49.9 Å². The molecule has 0 aromatic heterocycles. The maximum atomic E-state index is 13.2. The third-order valence-electron chi connectivity index (χ3n) is 3.99. The summed E-state index contributed by atoms with van der Waals surface area (Å²) in [5.41, 5.74) is 0.821. The molecular formula is C15H21ClFN3O2S. The van der Waals surface area contributed by atoms with Gasteiger partial charge in [-0.3, -0.25) is 4.99 Å². The summed E-state index contributed by atoms with van der Waals surface area (Å²) in [6.07, 6.45) is 0. The van der Waals surface area contributed by atoms with E-state index in [2.05, 4.69) is 10.3 Å². The zero-order chi connectivity index (χ0) is 17.3. The van der Waals surface area contributed by atoms with Crippen LogP contribution in [0.2, 0.25) is 5.02 Å². The highest BCUT2D eigenvalue weighted by molar-refractivity contribution is 7.92. The Morgan fingerprint density at radius 2 is 2.17 bits per heavy atom. The molecule has 8 heteroatoms. The van der Waals surface area contributed by atoms with Gasteiger partial charge >= 0.3 is 0 Å². The molecule has 1 fully saturated rings. The zero-order valence-corrected chi connectivity index (χ0v) is 15.0. The fourth-order valence-electron chi connectivity index (χ4n) is 2.49. The number of rotatable bonds is 2. The van der Waals surface area contributed by atoms with E-state index in [-0.39, 0.29) is 10.8 Å². The molecule has 0 amide bonds. The molecule has 1 N–H and O–H groups in total. The monoisotopic (exact) mass is 361 g/mol. The summed E-state index contributed by atoms with van der Waals surface area (Å²) in [5.74, 6) is 0.263. The number of hydrogen-bond acceptors (Lipinski definition) is 3. The van der Waals surface area contributed by atoms with Crippen molar-refractivity contribution in [2.45, 2.75) is 25.1 Å². The third kappa shape index (κ3) is 3.95. The summed E-state index contributed by atoms with van der Waals surface area (Å²) < 4.78 is 36.5. The van der Waals surface area contributed by atoms with Gasteiger partial charge in [0.05, 0.1) is 15.5 Å². The summed E-state index contributed by atoms with van der Waals surface area (Å²) in [6, 6.07) is 4.52. The summed E-state index contributed by atoms with van der Waals surface area (Å²) in [4.78, 5) is 6.13. The van der Waals surface area contributed by atoms with Gasteiger partial charge < -0.3 is 10.2 Å². The molecule has 1 aromatic carbocycles. The lowest BCUT2D eigenvalue weighted by Gasteiger charge is -2.39. The predicted molar refractivity (Wildman–Crippen MR) is 91.0 cm³/mol. The Morgan fingerprint density at radius 1 is 1.48 bits per heavy atom. The first-order valence-electron chi connectivity index (χ1n) is 7.28. The van der Waals surface area contributed by atoms with Crippen molar-refractivity contribution in [3.05, 3.63) is 34.6 Å². The fraction of sp³-hybridized carbons (Fsp3) is 0.533. The molecule has 0 radical (unpaired) electrons. The molecule has 5 nitrogen and oxygen atoms in total. The van der Waals surface area contributed by atoms with E-state index in [4.69, 9.17) is 11.6 Å². The largest absolute Gasteiger partial charge is 0.352 e. The van der Waals surface area contributed by atoms with Crippen LogP contribution in [-0.2, 0) is 16.4 Å². The van der Waals surface area contributed by atoms with Crippen LogP contribution in [0.15, 0.2) is 23.2 Å². The molecule has 1 aliphatic rings.